The van der Waals surface area contributed by atoms with Crippen LogP contribution in [0.15, 0.2) is 12.1 Å². The lowest BCUT2D eigenvalue weighted by Crippen LogP contribution is -2.15. The maximum absolute atomic E-state index is 8.61. The minimum Gasteiger partial charge on any atom is -0.312 e. The van der Waals surface area contributed by atoms with Crippen LogP contribution in [0.5, 0.6) is 0 Å². The largest absolute Gasteiger partial charge is 0.312 e. The molecule has 0 atom stereocenters. The van der Waals surface area contributed by atoms with Crippen LogP contribution in [0.3, 0.4) is 0 Å². The molecule has 3 heteroatoms. The zero-order valence-electron chi connectivity index (χ0n) is 7.42. The summed E-state index contributed by atoms with van der Waals surface area (Å²) in [6, 6.07) is 6.07. The van der Waals surface area contributed by atoms with Crippen LogP contribution in [0, 0.1) is 17.2 Å². The van der Waals surface area contributed by atoms with Crippen LogP contribution < -0.4 is 5.32 Å². The standard InChI is InChI=1S/C10H12N2S/c11-5-9-3-4-10(13-9)7-12-6-8-1-2-8/h3-4,8,12H,1-2,6-7H2. The van der Waals surface area contributed by atoms with Crippen LogP contribution in [0.25, 0.3) is 0 Å². The van der Waals surface area contributed by atoms with E-state index in [1.54, 1.807) is 11.3 Å². The number of thiophene rings is 1. The van der Waals surface area contributed by atoms with E-state index in [4.69, 9.17) is 5.26 Å². The van der Waals surface area contributed by atoms with Crippen molar-refractivity contribution >= 4 is 11.3 Å². The van der Waals surface area contributed by atoms with Gasteiger partial charge in [0.15, 0.2) is 0 Å². The Morgan fingerprint density at radius 2 is 2.38 bits per heavy atom. The highest BCUT2D eigenvalue weighted by Gasteiger charge is 2.20. The van der Waals surface area contributed by atoms with Crippen LogP contribution in [0.2, 0.25) is 0 Å². The fourth-order valence-electron chi connectivity index (χ4n) is 1.25. The van der Waals surface area contributed by atoms with E-state index >= 15 is 0 Å². The van der Waals surface area contributed by atoms with Crippen LogP contribution >= 0.6 is 11.3 Å². The third kappa shape index (κ3) is 2.55. The third-order valence-corrected chi connectivity index (χ3v) is 3.19. The Labute approximate surface area is 82.2 Å². The molecule has 1 N–H and O–H groups in total. The number of nitrogens with zero attached hydrogens (tertiary/aromatic N) is 1. The fourth-order valence-corrected chi connectivity index (χ4v) is 2.03. The van der Waals surface area contributed by atoms with E-state index in [1.807, 2.05) is 12.1 Å². The lowest BCUT2D eigenvalue weighted by atomic mass is 10.4. The van der Waals surface area contributed by atoms with Crippen molar-refractivity contribution in [2.45, 2.75) is 19.4 Å². The highest BCUT2D eigenvalue weighted by atomic mass is 32.1. The van der Waals surface area contributed by atoms with Crippen LogP contribution in [0.1, 0.15) is 22.6 Å². The molecule has 1 fully saturated rings. The molecule has 1 heterocycles. The summed E-state index contributed by atoms with van der Waals surface area (Å²) >= 11 is 1.58. The number of hydrogen-bond donors (Lipinski definition) is 1. The van der Waals surface area contributed by atoms with Gasteiger partial charge in [-0.15, -0.1) is 11.3 Å². The molecule has 1 aromatic heterocycles. The highest BCUT2D eigenvalue weighted by Crippen LogP contribution is 2.27. The van der Waals surface area contributed by atoms with E-state index in [-0.39, 0.29) is 0 Å². The maximum atomic E-state index is 8.61. The Balaban J connectivity index is 1.76. The Kier molecular flexibility index (Phi) is 2.62. The van der Waals surface area contributed by atoms with Gasteiger partial charge in [0.2, 0.25) is 0 Å². The monoisotopic (exact) mass is 192 g/mol. The summed E-state index contributed by atoms with van der Waals surface area (Å²) in [4.78, 5) is 2.07. The van der Waals surface area contributed by atoms with E-state index in [9.17, 15) is 0 Å². The van der Waals surface area contributed by atoms with Gasteiger partial charge in [-0.05, 0) is 37.4 Å². The van der Waals surface area contributed by atoms with E-state index in [0.717, 1.165) is 23.9 Å². The minimum absolute atomic E-state index is 0.809. The van der Waals surface area contributed by atoms with Gasteiger partial charge in [-0.2, -0.15) is 5.26 Å². The molecule has 1 aliphatic rings. The second-order valence-electron chi connectivity index (χ2n) is 3.45. The normalized spacial score (nSPS) is 15.6. The molecule has 1 aliphatic carbocycles. The van der Waals surface area contributed by atoms with Crippen molar-refractivity contribution in [2.75, 3.05) is 6.54 Å². The summed E-state index contributed by atoms with van der Waals surface area (Å²) in [5, 5.41) is 12.0. The van der Waals surface area contributed by atoms with Gasteiger partial charge < -0.3 is 5.32 Å². The lowest BCUT2D eigenvalue weighted by molar-refractivity contribution is 0.643. The lowest BCUT2D eigenvalue weighted by Gasteiger charge is -1.99. The fraction of sp³-hybridized carbons (Fsp3) is 0.500. The predicted octanol–water partition coefficient (Wildman–Crippen LogP) is 2.12. The Morgan fingerprint density at radius 3 is 3.00 bits per heavy atom. The predicted molar refractivity (Wildman–Crippen MR) is 53.5 cm³/mol. The van der Waals surface area contributed by atoms with Crippen molar-refractivity contribution in [3.63, 3.8) is 0 Å². The Hall–Kier alpha value is -0.850. The van der Waals surface area contributed by atoms with Crippen LogP contribution in [0.4, 0.5) is 0 Å². The number of rotatable bonds is 4. The summed E-state index contributed by atoms with van der Waals surface area (Å²) in [7, 11) is 0. The van der Waals surface area contributed by atoms with E-state index in [2.05, 4.69) is 11.4 Å². The molecule has 0 radical (unpaired) electrons. The van der Waals surface area contributed by atoms with Gasteiger partial charge in [-0.3, -0.25) is 0 Å². The molecule has 13 heavy (non-hydrogen) atoms. The topological polar surface area (TPSA) is 35.8 Å². The second-order valence-corrected chi connectivity index (χ2v) is 4.62. The SMILES string of the molecule is N#Cc1ccc(CNCC2CC2)s1. The third-order valence-electron chi connectivity index (χ3n) is 2.20. The van der Waals surface area contributed by atoms with Crippen molar-refractivity contribution in [1.29, 1.82) is 5.26 Å². The van der Waals surface area contributed by atoms with E-state index in [0.29, 0.717) is 0 Å². The average Bonchev–Trinajstić information content (AvgIpc) is 2.84. The maximum Gasteiger partial charge on any atom is 0.110 e. The molecule has 0 amide bonds. The first-order valence-corrected chi connectivity index (χ1v) is 5.39. The van der Waals surface area contributed by atoms with Gasteiger partial charge in [0, 0.05) is 11.4 Å². The van der Waals surface area contributed by atoms with Crippen LogP contribution in [-0.4, -0.2) is 6.54 Å². The first-order chi connectivity index (χ1) is 6.38. The Morgan fingerprint density at radius 1 is 1.54 bits per heavy atom. The highest BCUT2D eigenvalue weighted by molar-refractivity contribution is 7.12. The van der Waals surface area contributed by atoms with Crippen molar-refractivity contribution in [3.8, 4) is 6.07 Å². The molecule has 1 saturated carbocycles. The van der Waals surface area contributed by atoms with Crippen molar-refractivity contribution in [2.24, 2.45) is 5.92 Å². The molecule has 0 spiro atoms. The molecule has 0 unspecified atom stereocenters. The van der Waals surface area contributed by atoms with E-state index in [1.165, 1.54) is 17.7 Å². The summed E-state index contributed by atoms with van der Waals surface area (Å²) in [6.45, 7) is 2.06. The van der Waals surface area contributed by atoms with Gasteiger partial charge in [-0.1, -0.05) is 0 Å². The van der Waals surface area contributed by atoms with Crippen molar-refractivity contribution < 1.29 is 0 Å². The molecule has 0 saturated heterocycles. The molecular formula is C10H12N2S. The zero-order chi connectivity index (χ0) is 9.10. The summed E-state index contributed by atoms with van der Waals surface area (Å²) in [6.07, 6.45) is 2.78. The van der Waals surface area contributed by atoms with Gasteiger partial charge in [-0.25, -0.2) is 0 Å². The molecule has 0 aromatic carbocycles. The Bertz CT molecular complexity index is 320. The second kappa shape index (κ2) is 3.91. The number of nitriles is 1. The number of nitrogens with one attached hydrogen (secondary N) is 1. The molecular weight excluding hydrogens is 180 g/mol. The first-order valence-electron chi connectivity index (χ1n) is 4.58. The van der Waals surface area contributed by atoms with Crippen molar-refractivity contribution in [1.82, 2.24) is 5.32 Å². The number of hydrogen-bond acceptors (Lipinski definition) is 3. The molecule has 0 bridgehead atoms. The minimum atomic E-state index is 0.809. The summed E-state index contributed by atoms with van der Waals surface area (Å²) in [5.41, 5.74) is 0. The summed E-state index contributed by atoms with van der Waals surface area (Å²) < 4.78 is 0. The quantitative estimate of drug-likeness (QED) is 0.793. The first kappa shape index (κ1) is 8.74. The molecule has 68 valence electrons. The smallest absolute Gasteiger partial charge is 0.110 e. The molecule has 0 aliphatic heterocycles. The van der Waals surface area contributed by atoms with Gasteiger partial charge in [0.1, 0.15) is 10.9 Å². The molecule has 1 aromatic rings. The van der Waals surface area contributed by atoms with Crippen LogP contribution in [-0.2, 0) is 6.54 Å². The van der Waals surface area contributed by atoms with E-state index < -0.39 is 0 Å². The zero-order valence-corrected chi connectivity index (χ0v) is 8.23. The van der Waals surface area contributed by atoms with Gasteiger partial charge in [0.05, 0.1) is 0 Å². The average molecular weight is 192 g/mol. The van der Waals surface area contributed by atoms with Gasteiger partial charge >= 0.3 is 0 Å². The van der Waals surface area contributed by atoms with Gasteiger partial charge in [0.25, 0.3) is 0 Å². The van der Waals surface area contributed by atoms with Crippen molar-refractivity contribution in [3.05, 3.63) is 21.9 Å². The molecule has 2 rings (SSSR count). The molecule has 2 nitrogen and oxygen atoms in total. The summed E-state index contributed by atoms with van der Waals surface area (Å²) in [5.74, 6) is 0.926.